The highest BCUT2D eigenvalue weighted by Crippen LogP contribution is 2.30. The molecule has 0 unspecified atom stereocenters. The number of carbonyl (C=O) groups excluding carboxylic acids is 2. The summed E-state index contributed by atoms with van der Waals surface area (Å²) >= 11 is 0. The molecule has 0 bridgehead atoms. The molecular weight excluding hydrogens is 446 g/mol. The number of aliphatic hydroxyl groups is 1. The van der Waals surface area contributed by atoms with Crippen LogP contribution in [0.25, 0.3) is 11.1 Å². The lowest BCUT2D eigenvalue weighted by Crippen LogP contribution is -2.52. The van der Waals surface area contributed by atoms with E-state index < -0.39 is 0 Å². The van der Waals surface area contributed by atoms with Crippen molar-refractivity contribution < 1.29 is 19.4 Å². The quantitative estimate of drug-likeness (QED) is 0.657. The van der Waals surface area contributed by atoms with E-state index in [9.17, 15) is 14.7 Å². The van der Waals surface area contributed by atoms with E-state index in [0.29, 0.717) is 18.7 Å². The van der Waals surface area contributed by atoms with Gasteiger partial charge in [-0.1, -0.05) is 19.8 Å². The van der Waals surface area contributed by atoms with E-state index in [1.165, 1.54) is 0 Å². The number of aliphatic hydroxyl groups excluding tert-OH is 1. The van der Waals surface area contributed by atoms with E-state index in [4.69, 9.17) is 4.74 Å². The number of amides is 3. The van der Waals surface area contributed by atoms with Gasteiger partial charge in [0.05, 0.1) is 19.2 Å². The van der Waals surface area contributed by atoms with Crippen LogP contribution >= 0.6 is 0 Å². The van der Waals surface area contributed by atoms with Crippen molar-refractivity contribution in [1.82, 2.24) is 25.1 Å². The molecule has 9 nitrogen and oxygen atoms in total. The maximum absolute atomic E-state index is 13.6. The SMILES string of the molecule is C[C@@H]1CN([C@H](C)CO)C(=O)c2cc(-c3ccncc3)cnc2O[C@@H]1CN(C)C(=O)NC1CCCC1. The average molecular weight is 482 g/mol. The van der Waals surface area contributed by atoms with E-state index in [2.05, 4.69) is 15.3 Å². The van der Waals surface area contributed by atoms with Gasteiger partial charge in [-0.3, -0.25) is 9.78 Å². The average Bonchev–Trinajstić information content (AvgIpc) is 3.39. The first-order valence-electron chi connectivity index (χ1n) is 12.4. The predicted molar refractivity (Wildman–Crippen MR) is 132 cm³/mol. The number of hydrogen-bond acceptors (Lipinski definition) is 6. The zero-order chi connectivity index (χ0) is 24.9. The van der Waals surface area contributed by atoms with E-state index in [1.54, 1.807) is 41.5 Å². The second-order valence-corrected chi connectivity index (χ2v) is 9.75. The molecule has 1 aliphatic heterocycles. The molecule has 9 heteroatoms. The fourth-order valence-electron chi connectivity index (χ4n) is 4.73. The standard InChI is InChI=1S/C26H35N5O4/c1-17-14-31(18(2)16-32)25(33)22-12-20(19-8-10-27-11-9-19)13-28-24(22)35-23(17)15-30(3)26(34)29-21-6-4-5-7-21/h8-13,17-18,21,23,32H,4-7,14-16H2,1-3H3,(H,29,34)/t17-,18-,23-/m1/s1. The summed E-state index contributed by atoms with van der Waals surface area (Å²) in [5, 5.41) is 13.0. The van der Waals surface area contributed by atoms with Crippen LogP contribution < -0.4 is 10.1 Å². The number of nitrogens with zero attached hydrogens (tertiary/aromatic N) is 4. The van der Waals surface area contributed by atoms with Crippen molar-refractivity contribution in [3.8, 4) is 17.0 Å². The van der Waals surface area contributed by atoms with Gasteiger partial charge in [0.2, 0.25) is 5.88 Å². The second-order valence-electron chi connectivity index (χ2n) is 9.75. The Labute approximate surface area is 206 Å². The van der Waals surface area contributed by atoms with Crippen molar-refractivity contribution in [2.45, 2.75) is 57.7 Å². The predicted octanol–water partition coefficient (Wildman–Crippen LogP) is 2.95. The van der Waals surface area contributed by atoms with Gasteiger partial charge in [0, 0.05) is 49.7 Å². The topological polar surface area (TPSA) is 108 Å². The van der Waals surface area contributed by atoms with Gasteiger partial charge in [-0.15, -0.1) is 0 Å². The van der Waals surface area contributed by atoms with Crippen molar-refractivity contribution in [2.24, 2.45) is 5.92 Å². The molecule has 1 saturated carbocycles. The first-order valence-corrected chi connectivity index (χ1v) is 12.4. The van der Waals surface area contributed by atoms with Crippen molar-refractivity contribution in [2.75, 3.05) is 26.7 Å². The molecular formula is C26H35N5O4. The lowest BCUT2D eigenvalue weighted by atomic mass is 9.99. The van der Waals surface area contributed by atoms with E-state index in [-0.39, 0.29) is 48.5 Å². The summed E-state index contributed by atoms with van der Waals surface area (Å²) in [6.07, 6.45) is 9.01. The number of likely N-dealkylation sites (N-methyl/N-ethyl adjacent to an activating group) is 1. The van der Waals surface area contributed by atoms with Crippen molar-refractivity contribution in [3.63, 3.8) is 0 Å². The zero-order valence-electron chi connectivity index (χ0n) is 20.7. The van der Waals surface area contributed by atoms with Gasteiger partial charge in [0.15, 0.2) is 0 Å². The molecule has 2 N–H and O–H groups in total. The number of urea groups is 1. The molecule has 0 aromatic carbocycles. The molecule has 1 fully saturated rings. The van der Waals surface area contributed by atoms with Crippen LogP contribution in [0.4, 0.5) is 4.79 Å². The third-order valence-electron chi connectivity index (χ3n) is 7.02. The van der Waals surface area contributed by atoms with Crippen LogP contribution in [0.3, 0.4) is 0 Å². The smallest absolute Gasteiger partial charge is 0.317 e. The second kappa shape index (κ2) is 11.0. The number of hydrogen-bond donors (Lipinski definition) is 2. The number of nitrogens with one attached hydrogen (secondary N) is 1. The minimum Gasteiger partial charge on any atom is -0.472 e. The Hall–Kier alpha value is -3.20. The summed E-state index contributed by atoms with van der Waals surface area (Å²) < 4.78 is 6.31. The third kappa shape index (κ3) is 5.73. The fraction of sp³-hybridized carbons (Fsp3) is 0.538. The Morgan fingerprint density at radius 3 is 2.69 bits per heavy atom. The third-order valence-corrected chi connectivity index (χ3v) is 7.02. The Bertz CT molecular complexity index is 1030. The highest BCUT2D eigenvalue weighted by molar-refractivity contribution is 5.98. The number of carbonyl (C=O) groups is 2. The number of pyridine rings is 2. The first kappa shape index (κ1) is 24.9. The molecule has 4 rings (SSSR count). The van der Waals surface area contributed by atoms with Crippen LogP contribution in [0, 0.1) is 5.92 Å². The van der Waals surface area contributed by atoms with Gasteiger partial charge in [0.1, 0.15) is 11.7 Å². The Morgan fingerprint density at radius 1 is 1.29 bits per heavy atom. The number of fused-ring (bicyclic) bond motifs is 1. The summed E-state index contributed by atoms with van der Waals surface area (Å²) in [4.78, 5) is 38.2. The van der Waals surface area contributed by atoms with Crippen LogP contribution in [-0.4, -0.2) is 81.7 Å². The minimum absolute atomic E-state index is 0.0931. The Morgan fingerprint density at radius 2 is 2.00 bits per heavy atom. The van der Waals surface area contributed by atoms with Gasteiger partial charge in [-0.25, -0.2) is 9.78 Å². The van der Waals surface area contributed by atoms with Crippen molar-refractivity contribution in [3.05, 3.63) is 42.4 Å². The Kier molecular flexibility index (Phi) is 7.85. The van der Waals surface area contributed by atoms with Crippen LogP contribution in [0.1, 0.15) is 49.9 Å². The summed E-state index contributed by atoms with van der Waals surface area (Å²) in [6, 6.07) is 5.23. The summed E-state index contributed by atoms with van der Waals surface area (Å²) in [7, 11) is 1.76. The maximum Gasteiger partial charge on any atom is 0.317 e. The van der Waals surface area contributed by atoms with Crippen LogP contribution in [-0.2, 0) is 0 Å². The fourth-order valence-corrected chi connectivity index (χ4v) is 4.73. The van der Waals surface area contributed by atoms with Crippen LogP contribution in [0.2, 0.25) is 0 Å². The monoisotopic (exact) mass is 481 g/mol. The van der Waals surface area contributed by atoms with Gasteiger partial charge in [-0.05, 0) is 43.5 Å². The van der Waals surface area contributed by atoms with Crippen LogP contribution in [0.15, 0.2) is 36.8 Å². The zero-order valence-corrected chi connectivity index (χ0v) is 20.7. The summed E-state index contributed by atoms with van der Waals surface area (Å²) in [5.74, 6) is -0.0869. The molecule has 0 radical (unpaired) electrons. The van der Waals surface area contributed by atoms with E-state index >= 15 is 0 Å². The molecule has 35 heavy (non-hydrogen) atoms. The normalized spacial score (nSPS) is 21.5. The largest absolute Gasteiger partial charge is 0.472 e. The van der Waals surface area contributed by atoms with E-state index in [1.807, 2.05) is 26.0 Å². The summed E-state index contributed by atoms with van der Waals surface area (Å²) in [6.45, 7) is 4.41. The first-order chi connectivity index (χ1) is 16.9. The highest BCUT2D eigenvalue weighted by atomic mass is 16.5. The molecule has 0 saturated heterocycles. The highest BCUT2D eigenvalue weighted by Gasteiger charge is 2.35. The minimum atomic E-state index is -0.381. The molecule has 2 aliphatic rings. The number of rotatable bonds is 6. The molecule has 3 heterocycles. The molecule has 188 valence electrons. The summed E-state index contributed by atoms with van der Waals surface area (Å²) in [5.41, 5.74) is 2.01. The molecule has 0 spiro atoms. The molecule has 1 aliphatic carbocycles. The van der Waals surface area contributed by atoms with Crippen LogP contribution in [0.5, 0.6) is 5.88 Å². The van der Waals surface area contributed by atoms with Crippen molar-refractivity contribution >= 4 is 11.9 Å². The van der Waals surface area contributed by atoms with E-state index in [0.717, 1.165) is 36.8 Å². The number of ether oxygens (including phenoxy) is 1. The number of aromatic nitrogens is 2. The van der Waals surface area contributed by atoms with Gasteiger partial charge < -0.3 is 25.0 Å². The molecule has 2 aromatic rings. The lowest BCUT2D eigenvalue weighted by molar-refractivity contribution is 0.0351. The Balaban J connectivity index is 1.61. The van der Waals surface area contributed by atoms with Crippen molar-refractivity contribution in [1.29, 1.82) is 0 Å². The van der Waals surface area contributed by atoms with Gasteiger partial charge in [-0.2, -0.15) is 0 Å². The lowest BCUT2D eigenvalue weighted by Gasteiger charge is -2.37. The maximum atomic E-state index is 13.6. The van der Waals surface area contributed by atoms with Gasteiger partial charge in [0.25, 0.3) is 5.91 Å². The van der Waals surface area contributed by atoms with Gasteiger partial charge >= 0.3 is 6.03 Å². The molecule has 3 atom stereocenters. The molecule has 3 amide bonds. The molecule has 2 aromatic heterocycles.